The second-order valence-corrected chi connectivity index (χ2v) is 6.02. The van der Waals surface area contributed by atoms with Crippen molar-refractivity contribution in [2.75, 3.05) is 32.1 Å². The van der Waals surface area contributed by atoms with Crippen LogP contribution < -0.4 is 20.5 Å². The molecule has 3 rings (SSSR count). The van der Waals surface area contributed by atoms with Crippen LogP contribution in [0, 0.1) is 5.92 Å². The molecule has 0 unspecified atom stereocenters. The van der Waals surface area contributed by atoms with Gasteiger partial charge in [0.1, 0.15) is 11.6 Å². The maximum atomic E-state index is 12.2. The van der Waals surface area contributed by atoms with Crippen LogP contribution >= 0.6 is 0 Å². The van der Waals surface area contributed by atoms with E-state index in [0.717, 1.165) is 37.5 Å². The Morgan fingerprint density at radius 3 is 2.44 bits per heavy atom. The number of aromatic nitrogens is 2. The van der Waals surface area contributed by atoms with Gasteiger partial charge in [0.2, 0.25) is 5.91 Å². The molecule has 1 amide bonds. The summed E-state index contributed by atoms with van der Waals surface area (Å²) >= 11 is 0. The van der Waals surface area contributed by atoms with Crippen LogP contribution in [0.5, 0.6) is 5.75 Å². The number of piperidine rings is 1. The van der Waals surface area contributed by atoms with E-state index in [0.29, 0.717) is 5.69 Å². The highest BCUT2D eigenvalue weighted by molar-refractivity contribution is 5.78. The molecule has 0 bridgehead atoms. The summed E-state index contributed by atoms with van der Waals surface area (Å²) in [6, 6.07) is 10.5. The highest BCUT2D eigenvalue weighted by atomic mass is 16.5. The van der Waals surface area contributed by atoms with E-state index in [9.17, 15) is 9.59 Å². The van der Waals surface area contributed by atoms with E-state index in [4.69, 9.17) is 4.74 Å². The number of amides is 1. The molecular weight excluding hydrogens is 320 g/mol. The Morgan fingerprint density at radius 1 is 1.16 bits per heavy atom. The third-order valence-electron chi connectivity index (χ3n) is 4.54. The van der Waals surface area contributed by atoms with E-state index in [2.05, 4.69) is 15.3 Å². The molecule has 1 aliphatic heterocycles. The maximum absolute atomic E-state index is 12.2. The van der Waals surface area contributed by atoms with E-state index < -0.39 is 0 Å². The lowest BCUT2D eigenvalue weighted by Gasteiger charge is -2.31. The number of rotatable bonds is 4. The molecule has 132 valence electrons. The Kier molecular flexibility index (Phi) is 5.02. The van der Waals surface area contributed by atoms with Gasteiger partial charge in [0, 0.05) is 32.1 Å². The minimum atomic E-state index is -0.186. The summed E-state index contributed by atoms with van der Waals surface area (Å²) in [7, 11) is 3.27. The number of methoxy groups -OCH3 is 1. The number of ether oxygens (including phenoxy) is 1. The van der Waals surface area contributed by atoms with Gasteiger partial charge in [-0.05, 0) is 43.2 Å². The Bertz CT molecular complexity index is 793. The third kappa shape index (κ3) is 3.65. The van der Waals surface area contributed by atoms with Crippen LogP contribution in [-0.4, -0.2) is 42.9 Å². The molecule has 0 atom stereocenters. The zero-order valence-electron chi connectivity index (χ0n) is 14.4. The summed E-state index contributed by atoms with van der Waals surface area (Å²) in [5.74, 6) is 1.61. The molecule has 1 aromatic heterocycles. The van der Waals surface area contributed by atoms with Crippen molar-refractivity contribution in [3.8, 4) is 11.4 Å². The number of carbonyl (C=O) groups is 1. The van der Waals surface area contributed by atoms with E-state index in [-0.39, 0.29) is 17.4 Å². The minimum Gasteiger partial charge on any atom is -0.497 e. The van der Waals surface area contributed by atoms with E-state index in [1.54, 1.807) is 44.5 Å². The van der Waals surface area contributed by atoms with Crippen LogP contribution in [0.1, 0.15) is 12.8 Å². The zero-order valence-corrected chi connectivity index (χ0v) is 14.4. The molecular formula is C18H22N4O3. The number of nitrogens with one attached hydrogen (secondary N) is 1. The van der Waals surface area contributed by atoms with Gasteiger partial charge < -0.3 is 15.0 Å². The largest absolute Gasteiger partial charge is 0.497 e. The quantitative estimate of drug-likeness (QED) is 0.904. The van der Waals surface area contributed by atoms with Crippen molar-refractivity contribution < 1.29 is 9.53 Å². The Labute approximate surface area is 146 Å². The average molecular weight is 342 g/mol. The van der Waals surface area contributed by atoms with E-state index in [1.165, 1.54) is 10.7 Å². The molecule has 0 spiro atoms. The fraction of sp³-hybridized carbons (Fsp3) is 0.389. The fourth-order valence-electron chi connectivity index (χ4n) is 3.05. The van der Waals surface area contributed by atoms with Gasteiger partial charge in [0.05, 0.1) is 12.8 Å². The van der Waals surface area contributed by atoms with Gasteiger partial charge in [-0.3, -0.25) is 9.59 Å². The second-order valence-electron chi connectivity index (χ2n) is 6.02. The third-order valence-corrected chi connectivity index (χ3v) is 4.54. The molecule has 1 N–H and O–H groups in total. The molecule has 0 saturated carbocycles. The highest BCUT2D eigenvalue weighted by Gasteiger charge is 2.25. The molecule has 1 aromatic carbocycles. The smallest absolute Gasteiger partial charge is 0.271 e. The van der Waals surface area contributed by atoms with Crippen molar-refractivity contribution in [1.82, 2.24) is 15.1 Å². The van der Waals surface area contributed by atoms with Crippen LogP contribution in [0.25, 0.3) is 5.69 Å². The first-order valence-corrected chi connectivity index (χ1v) is 8.33. The van der Waals surface area contributed by atoms with Crippen molar-refractivity contribution in [2.45, 2.75) is 12.8 Å². The molecule has 0 radical (unpaired) electrons. The van der Waals surface area contributed by atoms with Crippen molar-refractivity contribution in [3.63, 3.8) is 0 Å². The summed E-state index contributed by atoms with van der Waals surface area (Å²) in [5, 5.41) is 7.21. The maximum Gasteiger partial charge on any atom is 0.271 e. The number of benzene rings is 1. The standard InChI is InChI=1S/C18H22N4O3/c1-19-18(24)13-9-11-21(12-10-13)16-7-8-17(23)22(20-16)14-3-5-15(25-2)6-4-14/h3-8,13H,9-12H2,1-2H3,(H,19,24). The SMILES string of the molecule is CNC(=O)C1CCN(c2ccc(=O)n(-c3ccc(OC)cc3)n2)CC1. The zero-order chi connectivity index (χ0) is 17.8. The number of nitrogens with zero attached hydrogens (tertiary/aromatic N) is 3. The van der Waals surface area contributed by atoms with Crippen LogP contribution in [-0.2, 0) is 4.79 Å². The normalized spacial score (nSPS) is 15.0. The summed E-state index contributed by atoms with van der Waals surface area (Å²) in [6.45, 7) is 1.48. The van der Waals surface area contributed by atoms with Crippen molar-refractivity contribution in [3.05, 3.63) is 46.8 Å². The lowest BCUT2D eigenvalue weighted by molar-refractivity contribution is -0.125. The first-order valence-electron chi connectivity index (χ1n) is 8.33. The van der Waals surface area contributed by atoms with Crippen LogP contribution in [0.15, 0.2) is 41.2 Å². The monoisotopic (exact) mass is 342 g/mol. The van der Waals surface area contributed by atoms with Gasteiger partial charge in [0.15, 0.2) is 0 Å². The highest BCUT2D eigenvalue weighted by Crippen LogP contribution is 2.22. The van der Waals surface area contributed by atoms with Crippen molar-refractivity contribution in [1.29, 1.82) is 0 Å². The predicted molar refractivity (Wildman–Crippen MR) is 95.4 cm³/mol. The Morgan fingerprint density at radius 2 is 1.84 bits per heavy atom. The molecule has 2 heterocycles. The number of anilines is 1. The molecule has 1 fully saturated rings. The molecule has 1 aliphatic rings. The molecule has 1 saturated heterocycles. The lowest BCUT2D eigenvalue weighted by atomic mass is 9.96. The van der Waals surface area contributed by atoms with Gasteiger partial charge >= 0.3 is 0 Å². The molecule has 0 aliphatic carbocycles. The predicted octanol–water partition coefficient (Wildman–Crippen LogP) is 1.20. The average Bonchev–Trinajstić information content (AvgIpc) is 2.68. The van der Waals surface area contributed by atoms with E-state index in [1.807, 2.05) is 0 Å². The van der Waals surface area contributed by atoms with Gasteiger partial charge in [0.25, 0.3) is 5.56 Å². The van der Waals surface area contributed by atoms with E-state index >= 15 is 0 Å². The van der Waals surface area contributed by atoms with Crippen molar-refractivity contribution in [2.24, 2.45) is 5.92 Å². The minimum absolute atomic E-state index is 0.0498. The summed E-state index contributed by atoms with van der Waals surface area (Å²) in [5.41, 5.74) is 0.502. The van der Waals surface area contributed by atoms with Crippen LogP contribution in [0.3, 0.4) is 0 Å². The molecule has 7 nitrogen and oxygen atoms in total. The number of hydrogen-bond donors (Lipinski definition) is 1. The summed E-state index contributed by atoms with van der Waals surface area (Å²) in [6.07, 6.45) is 1.56. The second kappa shape index (κ2) is 7.38. The van der Waals surface area contributed by atoms with Gasteiger partial charge in [-0.2, -0.15) is 4.68 Å². The Balaban J connectivity index is 1.80. The van der Waals surface area contributed by atoms with Crippen LogP contribution in [0.2, 0.25) is 0 Å². The van der Waals surface area contributed by atoms with Gasteiger partial charge in [-0.1, -0.05) is 0 Å². The number of carbonyl (C=O) groups excluding carboxylic acids is 1. The van der Waals surface area contributed by atoms with Crippen LogP contribution in [0.4, 0.5) is 5.82 Å². The molecule has 2 aromatic rings. The van der Waals surface area contributed by atoms with Crippen molar-refractivity contribution >= 4 is 11.7 Å². The Hall–Kier alpha value is -2.83. The number of hydrogen-bond acceptors (Lipinski definition) is 5. The van der Waals surface area contributed by atoms with Gasteiger partial charge in [-0.15, -0.1) is 5.10 Å². The molecule has 25 heavy (non-hydrogen) atoms. The first kappa shape index (κ1) is 17.0. The molecule has 7 heteroatoms. The van der Waals surface area contributed by atoms with Gasteiger partial charge in [-0.25, -0.2) is 0 Å². The lowest BCUT2D eigenvalue weighted by Crippen LogP contribution is -2.40. The summed E-state index contributed by atoms with van der Waals surface area (Å²) in [4.78, 5) is 26.0. The first-order chi connectivity index (χ1) is 12.1. The fourth-order valence-corrected chi connectivity index (χ4v) is 3.05. The summed E-state index contributed by atoms with van der Waals surface area (Å²) < 4.78 is 6.53. The topological polar surface area (TPSA) is 76.5 Å².